The Kier molecular flexibility index (Phi) is 4.39. The summed E-state index contributed by atoms with van der Waals surface area (Å²) in [4.78, 5) is 34.7. The highest BCUT2D eigenvalue weighted by Crippen LogP contribution is 2.31. The van der Waals surface area contributed by atoms with E-state index in [1.165, 1.54) is 0 Å². The van der Waals surface area contributed by atoms with E-state index in [4.69, 9.17) is 4.74 Å². The number of benzene rings is 1. The van der Waals surface area contributed by atoms with Crippen LogP contribution in [0.3, 0.4) is 0 Å². The van der Waals surface area contributed by atoms with E-state index in [0.717, 1.165) is 31.5 Å². The number of anilines is 2. The Morgan fingerprint density at radius 3 is 2.96 bits per heavy atom. The molecule has 2 aromatic rings. The predicted octanol–water partition coefficient (Wildman–Crippen LogP) is 1.34. The van der Waals surface area contributed by atoms with Crippen LogP contribution in [0.25, 0.3) is 0 Å². The van der Waals surface area contributed by atoms with Crippen molar-refractivity contribution in [3.05, 3.63) is 41.7 Å². The molecule has 0 bridgehead atoms. The summed E-state index contributed by atoms with van der Waals surface area (Å²) in [5.41, 5.74) is 1.70. The number of nitrogens with one attached hydrogen (secondary N) is 2. The van der Waals surface area contributed by atoms with Crippen molar-refractivity contribution in [2.24, 2.45) is 0 Å². The van der Waals surface area contributed by atoms with Crippen molar-refractivity contribution < 1.29 is 14.3 Å². The van der Waals surface area contributed by atoms with Gasteiger partial charge >= 0.3 is 0 Å². The molecule has 2 amide bonds. The van der Waals surface area contributed by atoms with Crippen molar-refractivity contribution in [2.75, 3.05) is 29.9 Å². The largest absolute Gasteiger partial charge is 0.482 e. The molecule has 26 heavy (non-hydrogen) atoms. The second-order valence-corrected chi connectivity index (χ2v) is 6.25. The number of ether oxygens (including phenoxy) is 1. The van der Waals surface area contributed by atoms with Crippen LogP contribution in [-0.2, 0) is 11.3 Å². The quantitative estimate of drug-likeness (QED) is 0.861. The fourth-order valence-corrected chi connectivity index (χ4v) is 3.12. The van der Waals surface area contributed by atoms with Gasteiger partial charge in [0, 0.05) is 25.8 Å². The summed E-state index contributed by atoms with van der Waals surface area (Å²) in [5, 5.41) is 5.63. The van der Waals surface area contributed by atoms with Gasteiger partial charge in [0.2, 0.25) is 5.95 Å². The molecule has 1 aromatic carbocycles. The molecule has 0 atom stereocenters. The first-order valence-corrected chi connectivity index (χ1v) is 8.61. The molecule has 1 fully saturated rings. The highest BCUT2D eigenvalue weighted by Gasteiger charge is 2.20. The van der Waals surface area contributed by atoms with Crippen molar-refractivity contribution in [3.8, 4) is 5.75 Å². The van der Waals surface area contributed by atoms with E-state index in [9.17, 15) is 9.59 Å². The molecule has 0 aliphatic carbocycles. The van der Waals surface area contributed by atoms with Crippen molar-refractivity contribution in [1.82, 2.24) is 15.3 Å². The van der Waals surface area contributed by atoms with Gasteiger partial charge in [-0.2, -0.15) is 0 Å². The molecular weight excluding hydrogens is 334 g/mol. The molecule has 2 aliphatic heterocycles. The Balaban J connectivity index is 1.46. The lowest BCUT2D eigenvalue weighted by molar-refractivity contribution is -0.118. The average molecular weight is 353 g/mol. The van der Waals surface area contributed by atoms with Crippen LogP contribution in [0.4, 0.5) is 11.6 Å². The Morgan fingerprint density at radius 1 is 1.27 bits per heavy atom. The second kappa shape index (κ2) is 6.99. The smallest absolute Gasteiger partial charge is 0.270 e. The normalized spacial score (nSPS) is 15.8. The lowest BCUT2D eigenvalue weighted by Gasteiger charge is -2.20. The zero-order valence-electron chi connectivity index (χ0n) is 14.2. The van der Waals surface area contributed by atoms with Crippen LogP contribution < -0.4 is 20.3 Å². The van der Waals surface area contributed by atoms with Crippen LogP contribution in [0, 0.1) is 0 Å². The summed E-state index contributed by atoms with van der Waals surface area (Å²) >= 11 is 0. The van der Waals surface area contributed by atoms with Crippen molar-refractivity contribution in [2.45, 2.75) is 19.4 Å². The van der Waals surface area contributed by atoms with Crippen molar-refractivity contribution in [3.63, 3.8) is 0 Å². The fraction of sp³-hybridized carbons (Fsp3) is 0.333. The summed E-state index contributed by atoms with van der Waals surface area (Å²) in [6, 6.07) is 7.05. The standard InChI is InChI=1S/C18H19N5O3/c24-15-11-26-14-5-3-4-12(16(14)22-15)10-20-17(25)13-6-7-19-18(21-13)23-8-1-2-9-23/h3-7H,1-2,8-11H2,(H,20,25)(H,22,24). The summed E-state index contributed by atoms with van der Waals surface area (Å²) < 4.78 is 5.39. The highest BCUT2D eigenvalue weighted by atomic mass is 16.5. The number of carbonyl (C=O) groups excluding carboxylic acids is 2. The molecule has 8 nitrogen and oxygen atoms in total. The van der Waals surface area contributed by atoms with Crippen LogP contribution in [0.2, 0.25) is 0 Å². The maximum atomic E-state index is 12.5. The Bertz CT molecular complexity index is 848. The molecule has 2 N–H and O–H groups in total. The number of amides is 2. The molecule has 8 heteroatoms. The van der Waals surface area contributed by atoms with Gasteiger partial charge in [0.1, 0.15) is 11.4 Å². The number of rotatable bonds is 4. The lowest BCUT2D eigenvalue weighted by atomic mass is 10.1. The van der Waals surface area contributed by atoms with E-state index in [1.54, 1.807) is 18.3 Å². The van der Waals surface area contributed by atoms with Crippen molar-refractivity contribution >= 4 is 23.5 Å². The molecule has 0 saturated carbocycles. The first-order chi connectivity index (χ1) is 12.7. The molecule has 1 aromatic heterocycles. The second-order valence-electron chi connectivity index (χ2n) is 6.25. The summed E-state index contributed by atoms with van der Waals surface area (Å²) in [6.07, 6.45) is 3.84. The molecule has 134 valence electrons. The summed E-state index contributed by atoms with van der Waals surface area (Å²) in [7, 11) is 0. The molecule has 4 rings (SSSR count). The molecule has 3 heterocycles. The summed E-state index contributed by atoms with van der Waals surface area (Å²) in [5.74, 6) is 0.707. The topological polar surface area (TPSA) is 96.4 Å². The number of carbonyl (C=O) groups is 2. The summed E-state index contributed by atoms with van der Waals surface area (Å²) in [6.45, 7) is 2.10. The van der Waals surface area contributed by atoms with E-state index >= 15 is 0 Å². The number of aromatic nitrogens is 2. The number of hydrogen-bond acceptors (Lipinski definition) is 6. The Labute approximate surface area is 150 Å². The van der Waals surface area contributed by atoms with E-state index in [-0.39, 0.29) is 25.0 Å². The number of nitrogens with zero attached hydrogens (tertiary/aromatic N) is 3. The highest BCUT2D eigenvalue weighted by molar-refractivity contribution is 5.96. The van der Waals surface area contributed by atoms with Crippen LogP contribution in [-0.4, -0.2) is 41.5 Å². The van der Waals surface area contributed by atoms with Gasteiger partial charge in [-0.1, -0.05) is 12.1 Å². The van der Waals surface area contributed by atoms with Gasteiger partial charge in [0.05, 0.1) is 5.69 Å². The van der Waals surface area contributed by atoms with Gasteiger partial charge in [0.25, 0.3) is 11.8 Å². The number of hydrogen-bond donors (Lipinski definition) is 2. The van der Waals surface area contributed by atoms with E-state index in [0.29, 0.717) is 23.1 Å². The van der Waals surface area contributed by atoms with Gasteiger partial charge in [-0.05, 0) is 30.5 Å². The van der Waals surface area contributed by atoms with Crippen molar-refractivity contribution in [1.29, 1.82) is 0 Å². The van der Waals surface area contributed by atoms with Crippen LogP contribution >= 0.6 is 0 Å². The molecular formula is C18H19N5O3. The fourth-order valence-electron chi connectivity index (χ4n) is 3.12. The average Bonchev–Trinajstić information content (AvgIpc) is 3.21. The zero-order chi connectivity index (χ0) is 17.9. The minimum atomic E-state index is -0.284. The third-order valence-corrected chi connectivity index (χ3v) is 4.44. The maximum absolute atomic E-state index is 12.5. The van der Waals surface area contributed by atoms with Gasteiger partial charge in [-0.25, -0.2) is 9.97 Å². The molecule has 1 saturated heterocycles. The van der Waals surface area contributed by atoms with E-state index in [1.807, 2.05) is 12.1 Å². The maximum Gasteiger partial charge on any atom is 0.270 e. The Morgan fingerprint density at radius 2 is 2.12 bits per heavy atom. The lowest BCUT2D eigenvalue weighted by Crippen LogP contribution is -2.29. The van der Waals surface area contributed by atoms with Crippen LogP contribution in [0.5, 0.6) is 5.75 Å². The van der Waals surface area contributed by atoms with E-state index in [2.05, 4.69) is 25.5 Å². The molecule has 0 unspecified atom stereocenters. The molecule has 0 spiro atoms. The van der Waals surface area contributed by atoms with Gasteiger partial charge in [0.15, 0.2) is 6.61 Å². The van der Waals surface area contributed by atoms with Gasteiger partial charge in [-0.3, -0.25) is 9.59 Å². The molecule has 2 aliphatic rings. The third-order valence-electron chi connectivity index (χ3n) is 4.44. The predicted molar refractivity (Wildman–Crippen MR) is 95.2 cm³/mol. The number of para-hydroxylation sites is 1. The first-order valence-electron chi connectivity index (χ1n) is 8.61. The van der Waals surface area contributed by atoms with Gasteiger partial charge < -0.3 is 20.3 Å². The monoisotopic (exact) mass is 353 g/mol. The van der Waals surface area contributed by atoms with E-state index < -0.39 is 0 Å². The number of fused-ring (bicyclic) bond motifs is 1. The first kappa shape index (κ1) is 16.3. The van der Waals surface area contributed by atoms with Crippen LogP contribution in [0.15, 0.2) is 30.5 Å². The SMILES string of the molecule is O=C1COc2cccc(CNC(=O)c3ccnc(N4CCCC4)n3)c2N1. The minimum Gasteiger partial charge on any atom is -0.482 e. The Hall–Kier alpha value is -3.16. The minimum absolute atomic E-state index is 0.00300. The van der Waals surface area contributed by atoms with Crippen LogP contribution in [0.1, 0.15) is 28.9 Å². The van der Waals surface area contributed by atoms with Gasteiger partial charge in [-0.15, -0.1) is 0 Å². The zero-order valence-corrected chi connectivity index (χ0v) is 14.2. The third kappa shape index (κ3) is 3.30. The molecule has 0 radical (unpaired) electrons.